The van der Waals surface area contributed by atoms with Gasteiger partial charge in [0.15, 0.2) is 0 Å². The van der Waals surface area contributed by atoms with Gasteiger partial charge in [0.2, 0.25) is 11.8 Å². The van der Waals surface area contributed by atoms with E-state index in [2.05, 4.69) is 15.9 Å². The number of hydrogen-bond acceptors (Lipinski definition) is 3. The zero-order chi connectivity index (χ0) is 21.8. The van der Waals surface area contributed by atoms with E-state index in [0.29, 0.717) is 12.1 Å². The van der Waals surface area contributed by atoms with Crippen LogP contribution in [0.3, 0.4) is 0 Å². The standard InChI is InChI=1S/C23H26BrN3O3/c1-16(2)12-25(23(30)18-6-8-19(24)9-7-18)13-21(28)26-14-22(29)27(15-26)20-10-4-17(3)5-11-20/h4-11,16H,12-15H2,1-3H3. The fourth-order valence-corrected chi connectivity index (χ4v) is 3.63. The number of amides is 3. The molecule has 0 aromatic heterocycles. The molecular formula is C23H26BrN3O3. The Hall–Kier alpha value is -2.67. The molecule has 0 N–H and O–H groups in total. The second-order valence-corrected chi connectivity index (χ2v) is 8.89. The summed E-state index contributed by atoms with van der Waals surface area (Å²) in [5.74, 6) is -0.335. The third-order valence-corrected chi connectivity index (χ3v) is 5.46. The molecular weight excluding hydrogens is 446 g/mol. The highest BCUT2D eigenvalue weighted by atomic mass is 79.9. The van der Waals surface area contributed by atoms with Crippen LogP contribution in [-0.4, -0.2) is 53.8 Å². The maximum atomic E-state index is 13.0. The summed E-state index contributed by atoms with van der Waals surface area (Å²) in [6.07, 6.45) is 0. The number of halogens is 1. The number of benzene rings is 2. The van der Waals surface area contributed by atoms with Gasteiger partial charge < -0.3 is 9.80 Å². The number of carbonyl (C=O) groups excluding carboxylic acids is 3. The van der Waals surface area contributed by atoms with Crippen molar-refractivity contribution >= 4 is 39.3 Å². The minimum Gasteiger partial charge on any atom is -0.329 e. The fourth-order valence-electron chi connectivity index (χ4n) is 3.36. The first-order valence-corrected chi connectivity index (χ1v) is 10.7. The minimum atomic E-state index is -0.232. The molecule has 3 amide bonds. The van der Waals surface area contributed by atoms with Crippen molar-refractivity contribution in [2.45, 2.75) is 20.8 Å². The van der Waals surface area contributed by atoms with Crippen LogP contribution in [-0.2, 0) is 9.59 Å². The largest absolute Gasteiger partial charge is 0.329 e. The molecule has 2 aromatic carbocycles. The highest BCUT2D eigenvalue weighted by molar-refractivity contribution is 9.10. The van der Waals surface area contributed by atoms with E-state index in [-0.39, 0.29) is 43.4 Å². The van der Waals surface area contributed by atoms with Crippen molar-refractivity contribution in [2.24, 2.45) is 5.92 Å². The number of rotatable bonds is 6. The molecule has 0 aliphatic carbocycles. The number of aryl methyl sites for hydroxylation is 1. The Kier molecular flexibility index (Phi) is 6.92. The van der Waals surface area contributed by atoms with Crippen LogP contribution in [0.15, 0.2) is 53.0 Å². The highest BCUT2D eigenvalue weighted by Crippen LogP contribution is 2.20. The summed E-state index contributed by atoms with van der Waals surface area (Å²) < 4.78 is 0.886. The highest BCUT2D eigenvalue weighted by Gasteiger charge is 2.33. The molecule has 158 valence electrons. The van der Waals surface area contributed by atoms with Gasteiger partial charge in [0.05, 0.1) is 0 Å². The van der Waals surface area contributed by atoms with Crippen molar-refractivity contribution < 1.29 is 14.4 Å². The zero-order valence-electron chi connectivity index (χ0n) is 17.5. The third kappa shape index (κ3) is 5.27. The van der Waals surface area contributed by atoms with Gasteiger partial charge in [-0.15, -0.1) is 0 Å². The first kappa shape index (κ1) is 22.0. The van der Waals surface area contributed by atoms with Crippen molar-refractivity contribution in [3.8, 4) is 0 Å². The van der Waals surface area contributed by atoms with Crippen molar-refractivity contribution in [1.82, 2.24) is 9.80 Å². The molecule has 6 nitrogen and oxygen atoms in total. The van der Waals surface area contributed by atoms with Gasteiger partial charge in [0, 0.05) is 22.3 Å². The fraction of sp³-hybridized carbons (Fsp3) is 0.348. The Morgan fingerprint density at radius 2 is 1.70 bits per heavy atom. The van der Waals surface area contributed by atoms with E-state index in [9.17, 15) is 14.4 Å². The molecule has 0 unspecified atom stereocenters. The summed E-state index contributed by atoms with van der Waals surface area (Å²) in [5, 5.41) is 0. The van der Waals surface area contributed by atoms with Crippen molar-refractivity contribution in [3.63, 3.8) is 0 Å². The van der Waals surface area contributed by atoms with Crippen LogP contribution in [0.4, 0.5) is 5.69 Å². The Balaban J connectivity index is 1.71. The Labute approximate surface area is 185 Å². The van der Waals surface area contributed by atoms with E-state index in [1.54, 1.807) is 34.1 Å². The summed E-state index contributed by atoms with van der Waals surface area (Å²) in [5.41, 5.74) is 2.41. The predicted molar refractivity (Wildman–Crippen MR) is 120 cm³/mol. The molecule has 7 heteroatoms. The topological polar surface area (TPSA) is 60.9 Å². The maximum Gasteiger partial charge on any atom is 0.254 e. The lowest BCUT2D eigenvalue weighted by Gasteiger charge is -2.26. The number of hydrogen-bond donors (Lipinski definition) is 0. The van der Waals surface area contributed by atoms with Gasteiger partial charge in [-0.1, -0.05) is 47.5 Å². The molecule has 1 aliphatic rings. The van der Waals surface area contributed by atoms with Crippen LogP contribution in [0.1, 0.15) is 29.8 Å². The van der Waals surface area contributed by atoms with E-state index in [1.807, 2.05) is 45.0 Å². The SMILES string of the molecule is Cc1ccc(N2CN(C(=O)CN(CC(C)C)C(=O)c3ccc(Br)cc3)CC2=O)cc1. The van der Waals surface area contributed by atoms with Gasteiger partial charge >= 0.3 is 0 Å². The number of nitrogens with zero attached hydrogens (tertiary/aromatic N) is 3. The lowest BCUT2D eigenvalue weighted by Crippen LogP contribution is -2.44. The number of carbonyl (C=O) groups is 3. The van der Waals surface area contributed by atoms with Crippen LogP contribution in [0, 0.1) is 12.8 Å². The Morgan fingerprint density at radius 1 is 1.07 bits per heavy atom. The molecule has 1 fully saturated rings. The van der Waals surface area contributed by atoms with Gasteiger partial charge in [0.25, 0.3) is 5.91 Å². The molecule has 1 aliphatic heterocycles. The average molecular weight is 472 g/mol. The van der Waals surface area contributed by atoms with Crippen LogP contribution in [0.25, 0.3) is 0 Å². The molecule has 3 rings (SSSR count). The smallest absolute Gasteiger partial charge is 0.254 e. The van der Waals surface area contributed by atoms with Crippen LogP contribution in [0.2, 0.25) is 0 Å². The van der Waals surface area contributed by atoms with Crippen molar-refractivity contribution in [3.05, 3.63) is 64.1 Å². The van der Waals surface area contributed by atoms with Crippen molar-refractivity contribution in [1.29, 1.82) is 0 Å². The lowest BCUT2D eigenvalue weighted by atomic mass is 10.1. The first-order valence-electron chi connectivity index (χ1n) is 9.94. The normalized spacial score (nSPS) is 13.8. The van der Waals surface area contributed by atoms with Crippen molar-refractivity contribution in [2.75, 3.05) is 31.2 Å². The molecule has 1 saturated heterocycles. The van der Waals surface area contributed by atoms with Gasteiger partial charge in [-0.25, -0.2) is 0 Å². The second-order valence-electron chi connectivity index (χ2n) is 7.98. The van der Waals surface area contributed by atoms with E-state index >= 15 is 0 Å². The van der Waals surface area contributed by atoms with Crippen LogP contribution < -0.4 is 4.90 Å². The zero-order valence-corrected chi connectivity index (χ0v) is 19.1. The van der Waals surface area contributed by atoms with Gasteiger partial charge in [-0.2, -0.15) is 0 Å². The average Bonchev–Trinajstić information content (AvgIpc) is 3.09. The van der Waals surface area contributed by atoms with E-state index in [0.717, 1.165) is 15.7 Å². The Morgan fingerprint density at radius 3 is 2.30 bits per heavy atom. The van der Waals surface area contributed by atoms with E-state index in [1.165, 1.54) is 4.90 Å². The Bertz CT molecular complexity index is 926. The monoisotopic (exact) mass is 471 g/mol. The minimum absolute atomic E-state index is 0.0225. The van der Waals surface area contributed by atoms with Gasteiger partial charge in [0.1, 0.15) is 19.8 Å². The van der Waals surface area contributed by atoms with E-state index in [4.69, 9.17) is 0 Å². The van der Waals surface area contributed by atoms with Gasteiger partial charge in [-0.05, 0) is 49.2 Å². The van der Waals surface area contributed by atoms with E-state index < -0.39 is 0 Å². The van der Waals surface area contributed by atoms with Crippen LogP contribution >= 0.6 is 15.9 Å². The summed E-state index contributed by atoms with van der Waals surface area (Å²) >= 11 is 3.37. The number of anilines is 1. The second kappa shape index (κ2) is 9.43. The quantitative estimate of drug-likeness (QED) is 0.645. The maximum absolute atomic E-state index is 13.0. The summed E-state index contributed by atoms with van der Waals surface area (Å²) in [4.78, 5) is 43.1. The molecule has 0 atom stereocenters. The summed E-state index contributed by atoms with van der Waals surface area (Å²) in [6, 6.07) is 14.7. The lowest BCUT2D eigenvalue weighted by molar-refractivity contribution is -0.132. The molecule has 0 saturated carbocycles. The molecule has 2 aromatic rings. The molecule has 0 radical (unpaired) electrons. The summed E-state index contributed by atoms with van der Waals surface area (Å²) in [7, 11) is 0. The molecule has 0 bridgehead atoms. The van der Waals surface area contributed by atoms with Crippen LogP contribution in [0.5, 0.6) is 0 Å². The van der Waals surface area contributed by atoms with Gasteiger partial charge in [-0.3, -0.25) is 19.3 Å². The predicted octanol–water partition coefficient (Wildman–Crippen LogP) is 3.69. The summed E-state index contributed by atoms with van der Waals surface area (Å²) in [6.45, 7) is 6.62. The molecule has 1 heterocycles. The molecule has 0 spiro atoms. The third-order valence-electron chi connectivity index (χ3n) is 4.93. The molecule has 30 heavy (non-hydrogen) atoms. The first-order chi connectivity index (χ1) is 14.2.